The van der Waals surface area contributed by atoms with E-state index in [4.69, 9.17) is 9.47 Å². The number of carbonyl (C=O) groups is 1. The number of fused-ring (bicyclic) bond motifs is 1. The second kappa shape index (κ2) is 6.78. The van der Waals surface area contributed by atoms with E-state index < -0.39 is 0 Å². The Labute approximate surface area is 140 Å². The number of nitrogens with one attached hydrogen (secondary N) is 1. The summed E-state index contributed by atoms with van der Waals surface area (Å²) in [5.41, 5.74) is 1.04. The Kier molecular flexibility index (Phi) is 4.55. The van der Waals surface area contributed by atoms with Crippen LogP contribution in [0.25, 0.3) is 0 Å². The Morgan fingerprint density at radius 2 is 1.92 bits per heavy atom. The molecule has 6 nitrogen and oxygen atoms in total. The number of rotatable bonds is 3. The number of amides is 1. The molecule has 0 bridgehead atoms. The highest BCUT2D eigenvalue weighted by atomic mass is 16.5. The van der Waals surface area contributed by atoms with Gasteiger partial charge in [-0.15, -0.1) is 0 Å². The maximum Gasteiger partial charge on any atom is 0.252 e. The van der Waals surface area contributed by atoms with E-state index in [1.807, 2.05) is 25.1 Å². The molecule has 1 aliphatic rings. The van der Waals surface area contributed by atoms with Gasteiger partial charge in [-0.1, -0.05) is 6.07 Å². The number of aromatic nitrogens is 1. The van der Waals surface area contributed by atoms with Gasteiger partial charge in [-0.3, -0.25) is 9.59 Å². The van der Waals surface area contributed by atoms with Crippen molar-refractivity contribution in [1.29, 1.82) is 0 Å². The minimum atomic E-state index is -0.285. The Bertz CT molecular complexity index is 813. The van der Waals surface area contributed by atoms with Crippen LogP contribution in [0.4, 0.5) is 0 Å². The van der Waals surface area contributed by atoms with E-state index in [0.717, 1.165) is 17.7 Å². The number of hydrogen-bond acceptors (Lipinski definition) is 4. The summed E-state index contributed by atoms with van der Waals surface area (Å²) in [6, 6.07) is 8.38. The first kappa shape index (κ1) is 16.1. The quantitative estimate of drug-likeness (QED) is 0.936. The predicted molar refractivity (Wildman–Crippen MR) is 89.6 cm³/mol. The largest absolute Gasteiger partial charge is 0.490 e. The molecule has 0 spiro atoms. The lowest BCUT2D eigenvalue weighted by atomic mass is 10.1. The fourth-order valence-electron chi connectivity index (χ4n) is 2.50. The van der Waals surface area contributed by atoms with E-state index in [2.05, 4.69) is 5.32 Å². The van der Waals surface area contributed by atoms with E-state index in [9.17, 15) is 9.59 Å². The zero-order chi connectivity index (χ0) is 17.1. The molecule has 3 rings (SSSR count). The van der Waals surface area contributed by atoms with Gasteiger partial charge in [-0.05, 0) is 30.7 Å². The summed E-state index contributed by atoms with van der Waals surface area (Å²) in [4.78, 5) is 24.0. The van der Waals surface area contributed by atoms with Gasteiger partial charge in [-0.2, -0.15) is 0 Å². The van der Waals surface area contributed by atoms with Crippen molar-refractivity contribution in [2.45, 2.75) is 19.4 Å². The van der Waals surface area contributed by atoms with Crippen molar-refractivity contribution in [2.75, 3.05) is 13.2 Å². The molecular weight excluding hydrogens is 308 g/mol. The predicted octanol–water partition coefficient (Wildman–Crippen LogP) is 2.04. The monoisotopic (exact) mass is 328 g/mol. The van der Waals surface area contributed by atoms with Gasteiger partial charge in [0.05, 0.1) is 19.3 Å². The van der Waals surface area contributed by atoms with Gasteiger partial charge in [0.15, 0.2) is 11.5 Å². The van der Waals surface area contributed by atoms with Crippen LogP contribution < -0.4 is 20.3 Å². The van der Waals surface area contributed by atoms with Crippen LogP contribution in [0, 0.1) is 0 Å². The lowest BCUT2D eigenvalue weighted by molar-refractivity contribution is 0.0939. The van der Waals surface area contributed by atoms with E-state index >= 15 is 0 Å². The molecule has 1 amide bonds. The average molecular weight is 328 g/mol. The molecule has 6 heteroatoms. The van der Waals surface area contributed by atoms with Crippen molar-refractivity contribution < 1.29 is 14.3 Å². The highest BCUT2D eigenvalue weighted by molar-refractivity contribution is 5.94. The van der Waals surface area contributed by atoms with Crippen molar-refractivity contribution in [2.24, 2.45) is 7.05 Å². The third kappa shape index (κ3) is 3.42. The highest BCUT2D eigenvalue weighted by Gasteiger charge is 2.16. The number of aryl methyl sites for hydroxylation is 1. The highest BCUT2D eigenvalue weighted by Crippen LogP contribution is 2.32. The summed E-state index contributed by atoms with van der Waals surface area (Å²) in [6.45, 7) is 3.14. The zero-order valence-corrected chi connectivity index (χ0v) is 13.7. The van der Waals surface area contributed by atoms with Crippen molar-refractivity contribution in [1.82, 2.24) is 9.88 Å². The van der Waals surface area contributed by atoms with Gasteiger partial charge < -0.3 is 19.4 Å². The second-order valence-corrected chi connectivity index (χ2v) is 5.82. The maximum atomic E-state index is 12.3. The van der Waals surface area contributed by atoms with Crippen molar-refractivity contribution in [3.63, 3.8) is 0 Å². The van der Waals surface area contributed by atoms with Crippen LogP contribution in [0.3, 0.4) is 0 Å². The number of benzene rings is 1. The molecule has 2 heterocycles. The smallest absolute Gasteiger partial charge is 0.252 e. The van der Waals surface area contributed by atoms with Gasteiger partial charge in [0.1, 0.15) is 0 Å². The Morgan fingerprint density at radius 1 is 1.17 bits per heavy atom. The van der Waals surface area contributed by atoms with Crippen LogP contribution >= 0.6 is 0 Å². The summed E-state index contributed by atoms with van der Waals surface area (Å²) in [5, 5.41) is 2.90. The van der Waals surface area contributed by atoms with Gasteiger partial charge in [0.25, 0.3) is 11.5 Å². The molecule has 0 unspecified atom stereocenters. The molecule has 1 aromatic heterocycles. The number of pyridine rings is 1. The fourth-order valence-corrected chi connectivity index (χ4v) is 2.50. The summed E-state index contributed by atoms with van der Waals surface area (Å²) < 4.78 is 12.7. The average Bonchev–Trinajstić information content (AvgIpc) is 2.81. The molecule has 1 aromatic carbocycles. The van der Waals surface area contributed by atoms with Crippen molar-refractivity contribution >= 4 is 5.91 Å². The van der Waals surface area contributed by atoms with Gasteiger partial charge >= 0.3 is 0 Å². The van der Waals surface area contributed by atoms with Crippen LogP contribution in [0.5, 0.6) is 11.5 Å². The molecule has 0 fully saturated rings. The van der Waals surface area contributed by atoms with Gasteiger partial charge in [0, 0.05) is 31.3 Å². The van der Waals surface area contributed by atoms with Crippen molar-refractivity contribution in [3.05, 3.63) is 58.0 Å². The minimum absolute atomic E-state index is 0.217. The van der Waals surface area contributed by atoms with Crippen LogP contribution in [-0.2, 0) is 7.05 Å². The lowest BCUT2D eigenvalue weighted by Crippen LogP contribution is -2.28. The van der Waals surface area contributed by atoms with Crippen LogP contribution in [0.15, 0.2) is 41.3 Å². The molecule has 24 heavy (non-hydrogen) atoms. The molecule has 0 saturated heterocycles. The fraction of sp³-hybridized carbons (Fsp3) is 0.333. The summed E-state index contributed by atoms with van der Waals surface area (Å²) in [5.74, 6) is 1.13. The Balaban J connectivity index is 1.75. The zero-order valence-electron chi connectivity index (χ0n) is 13.7. The molecule has 0 saturated carbocycles. The normalized spacial score (nSPS) is 14.6. The first-order valence-electron chi connectivity index (χ1n) is 7.91. The topological polar surface area (TPSA) is 69.6 Å². The van der Waals surface area contributed by atoms with E-state index in [0.29, 0.717) is 24.5 Å². The second-order valence-electron chi connectivity index (χ2n) is 5.82. The SMILES string of the molecule is C[C@H](NC(=O)c1ccn(C)c(=O)c1)c1ccc2c(c1)OCCCO2. The van der Waals surface area contributed by atoms with Crippen LogP contribution in [0.1, 0.15) is 35.3 Å². The molecule has 2 aromatic rings. The van der Waals surface area contributed by atoms with Crippen molar-refractivity contribution in [3.8, 4) is 11.5 Å². The number of hydrogen-bond donors (Lipinski definition) is 1. The molecule has 0 radical (unpaired) electrons. The van der Waals surface area contributed by atoms with Crippen LogP contribution in [0.2, 0.25) is 0 Å². The van der Waals surface area contributed by atoms with E-state index in [1.165, 1.54) is 10.6 Å². The Hall–Kier alpha value is -2.76. The maximum absolute atomic E-state index is 12.3. The first-order valence-corrected chi connectivity index (χ1v) is 7.91. The van der Waals surface area contributed by atoms with E-state index in [1.54, 1.807) is 19.3 Å². The number of nitrogens with zero attached hydrogens (tertiary/aromatic N) is 1. The minimum Gasteiger partial charge on any atom is -0.490 e. The lowest BCUT2D eigenvalue weighted by Gasteiger charge is -2.16. The molecule has 1 atom stereocenters. The van der Waals surface area contributed by atoms with Gasteiger partial charge in [-0.25, -0.2) is 0 Å². The van der Waals surface area contributed by atoms with Crippen LogP contribution in [-0.4, -0.2) is 23.7 Å². The first-order chi connectivity index (χ1) is 11.5. The van der Waals surface area contributed by atoms with Gasteiger partial charge in [0.2, 0.25) is 0 Å². The summed E-state index contributed by atoms with van der Waals surface area (Å²) in [6.07, 6.45) is 2.43. The molecule has 0 aliphatic carbocycles. The number of carbonyl (C=O) groups excluding carboxylic acids is 1. The van der Waals surface area contributed by atoms with E-state index in [-0.39, 0.29) is 17.5 Å². The Morgan fingerprint density at radius 3 is 2.67 bits per heavy atom. The number of ether oxygens (including phenoxy) is 2. The molecule has 1 N–H and O–H groups in total. The molecule has 126 valence electrons. The third-order valence-electron chi connectivity index (χ3n) is 3.99. The molecule has 1 aliphatic heterocycles. The molecular formula is C18H20N2O4. The summed E-state index contributed by atoms with van der Waals surface area (Å²) >= 11 is 0. The summed E-state index contributed by atoms with van der Waals surface area (Å²) in [7, 11) is 1.64. The standard InChI is InChI=1S/C18H20N2O4/c1-12(19-18(22)14-6-7-20(2)17(21)11-14)13-4-5-15-16(10-13)24-9-3-8-23-15/h4-7,10-12H,3,8-9H2,1-2H3,(H,19,22)/t12-/m0/s1. The third-order valence-corrected chi connectivity index (χ3v) is 3.99.